The van der Waals surface area contributed by atoms with Gasteiger partial charge in [0.2, 0.25) is 0 Å². The third kappa shape index (κ3) is 4.27. The van der Waals surface area contributed by atoms with Gasteiger partial charge < -0.3 is 15.4 Å². The molecule has 8 heteroatoms. The monoisotopic (exact) mass is 301 g/mol. The Hall–Kier alpha value is -1.48. The van der Waals surface area contributed by atoms with E-state index in [1.165, 1.54) is 23.1 Å². The van der Waals surface area contributed by atoms with Crippen LogP contribution in [-0.2, 0) is 10.0 Å². The molecule has 1 aromatic rings. The molecule has 3 N–H and O–H groups in total. The normalized spacial score (nSPS) is 11.7. The highest BCUT2D eigenvalue weighted by Crippen LogP contribution is 2.16. The smallest absolute Gasteiger partial charge is 0.262 e. The maximum Gasteiger partial charge on any atom is 0.262 e. The van der Waals surface area contributed by atoms with Gasteiger partial charge in [-0.15, -0.1) is 0 Å². The lowest BCUT2D eigenvalue weighted by Crippen LogP contribution is -2.31. The molecule has 1 rings (SSSR count). The number of nitrogens with one attached hydrogen (secondary N) is 2. The molecule has 0 spiro atoms. The van der Waals surface area contributed by atoms with Gasteiger partial charge in [-0.1, -0.05) is 11.0 Å². The minimum Gasteiger partial charge on any atom is -0.351 e. The zero-order valence-corrected chi connectivity index (χ0v) is 12.5. The van der Waals surface area contributed by atoms with Crippen LogP contribution >= 0.6 is 0 Å². The SMILES string of the molecule is Cc1ccc(C(=O)NCCN(C)C)cc1S(=O)(=O)NO. The van der Waals surface area contributed by atoms with Crippen LogP contribution in [0.3, 0.4) is 0 Å². The van der Waals surface area contributed by atoms with E-state index in [1.807, 2.05) is 19.0 Å². The van der Waals surface area contributed by atoms with Crippen molar-refractivity contribution in [2.24, 2.45) is 0 Å². The van der Waals surface area contributed by atoms with Gasteiger partial charge in [0, 0.05) is 18.7 Å². The van der Waals surface area contributed by atoms with Crippen molar-refractivity contribution in [1.82, 2.24) is 15.1 Å². The number of nitrogens with zero attached hydrogens (tertiary/aromatic N) is 1. The fourth-order valence-corrected chi connectivity index (χ4v) is 2.45. The van der Waals surface area contributed by atoms with Crippen molar-refractivity contribution in [2.75, 3.05) is 27.2 Å². The summed E-state index contributed by atoms with van der Waals surface area (Å²) in [5.74, 6) is -0.360. The fourth-order valence-electron chi connectivity index (χ4n) is 1.58. The molecule has 112 valence electrons. The molecule has 0 aliphatic rings. The van der Waals surface area contributed by atoms with E-state index in [4.69, 9.17) is 5.21 Å². The first-order valence-corrected chi connectivity index (χ1v) is 7.45. The van der Waals surface area contributed by atoms with Gasteiger partial charge >= 0.3 is 0 Å². The van der Waals surface area contributed by atoms with E-state index in [1.54, 1.807) is 6.92 Å². The second-order valence-corrected chi connectivity index (χ2v) is 6.26. The minimum absolute atomic E-state index is 0.125. The third-order valence-electron chi connectivity index (χ3n) is 2.70. The van der Waals surface area contributed by atoms with E-state index < -0.39 is 10.0 Å². The summed E-state index contributed by atoms with van der Waals surface area (Å²) in [6.45, 7) is 2.72. The van der Waals surface area contributed by atoms with Crippen molar-refractivity contribution in [1.29, 1.82) is 0 Å². The summed E-state index contributed by atoms with van der Waals surface area (Å²) in [4.78, 5) is 14.9. The van der Waals surface area contributed by atoms with Gasteiger partial charge in [0.15, 0.2) is 0 Å². The average molecular weight is 301 g/mol. The molecule has 0 heterocycles. The summed E-state index contributed by atoms with van der Waals surface area (Å²) in [6.07, 6.45) is 0. The fraction of sp³-hybridized carbons (Fsp3) is 0.417. The van der Waals surface area contributed by atoms with E-state index >= 15 is 0 Å². The first-order valence-electron chi connectivity index (χ1n) is 5.97. The van der Waals surface area contributed by atoms with Gasteiger partial charge in [0.1, 0.15) is 0 Å². The Morgan fingerprint density at radius 2 is 2.00 bits per heavy atom. The van der Waals surface area contributed by atoms with Crippen LogP contribution in [0.1, 0.15) is 15.9 Å². The average Bonchev–Trinajstić information content (AvgIpc) is 2.38. The molecule has 0 aliphatic carbocycles. The quantitative estimate of drug-likeness (QED) is 0.640. The molecule has 1 aromatic carbocycles. The van der Waals surface area contributed by atoms with Crippen molar-refractivity contribution < 1.29 is 18.4 Å². The molecule has 7 nitrogen and oxygen atoms in total. The predicted molar refractivity (Wildman–Crippen MR) is 74.2 cm³/mol. The van der Waals surface area contributed by atoms with Crippen LogP contribution in [0.2, 0.25) is 0 Å². The lowest BCUT2D eigenvalue weighted by Gasteiger charge is -2.11. The van der Waals surface area contributed by atoms with Crippen LogP contribution in [-0.4, -0.2) is 51.6 Å². The number of aryl methyl sites for hydroxylation is 1. The zero-order chi connectivity index (χ0) is 15.3. The summed E-state index contributed by atoms with van der Waals surface area (Å²) in [7, 11) is -0.232. The Morgan fingerprint density at radius 3 is 2.55 bits per heavy atom. The maximum absolute atomic E-state index is 11.9. The van der Waals surface area contributed by atoms with Crippen molar-refractivity contribution in [3.05, 3.63) is 29.3 Å². The second kappa shape index (κ2) is 6.80. The number of sulfonamides is 1. The number of hydrogen-bond acceptors (Lipinski definition) is 5. The summed E-state index contributed by atoms with van der Waals surface area (Å²) in [6, 6.07) is 4.29. The number of benzene rings is 1. The van der Waals surface area contributed by atoms with Crippen LogP contribution in [0, 0.1) is 6.92 Å². The standard InChI is InChI=1S/C12H19N3O4S/c1-9-4-5-10(8-11(9)20(18,19)14-17)12(16)13-6-7-15(2)3/h4-5,8,14,17H,6-7H2,1-3H3,(H,13,16). The molecular weight excluding hydrogens is 282 g/mol. The molecule has 0 unspecified atom stereocenters. The van der Waals surface area contributed by atoms with Gasteiger partial charge in [-0.3, -0.25) is 4.79 Å². The summed E-state index contributed by atoms with van der Waals surface area (Å²) < 4.78 is 23.2. The molecule has 0 atom stereocenters. The molecule has 0 saturated heterocycles. The van der Waals surface area contributed by atoms with Gasteiger partial charge in [-0.25, -0.2) is 8.42 Å². The van der Waals surface area contributed by atoms with Crippen LogP contribution in [0.15, 0.2) is 23.1 Å². The maximum atomic E-state index is 11.9. The number of rotatable bonds is 6. The molecule has 0 saturated carbocycles. The van der Waals surface area contributed by atoms with Crippen LogP contribution < -0.4 is 10.2 Å². The predicted octanol–water partition coefficient (Wildman–Crippen LogP) is -0.0461. The van der Waals surface area contributed by atoms with Gasteiger partial charge in [-0.05, 0) is 38.7 Å². The summed E-state index contributed by atoms with van der Waals surface area (Å²) in [5.41, 5.74) is 0.666. The number of likely N-dealkylation sites (N-methyl/N-ethyl adjacent to an activating group) is 1. The topological polar surface area (TPSA) is 98.7 Å². The Bertz CT molecular complexity index is 584. The second-order valence-electron chi connectivity index (χ2n) is 4.63. The van der Waals surface area contributed by atoms with Gasteiger partial charge in [-0.2, -0.15) is 0 Å². The first-order chi connectivity index (χ1) is 9.27. The summed E-state index contributed by atoms with van der Waals surface area (Å²) in [5, 5.41) is 11.3. The van der Waals surface area contributed by atoms with E-state index in [-0.39, 0.29) is 16.4 Å². The highest BCUT2D eigenvalue weighted by Gasteiger charge is 2.18. The Balaban J connectivity index is 2.93. The van der Waals surface area contributed by atoms with Gasteiger partial charge in [0.05, 0.1) is 4.90 Å². The van der Waals surface area contributed by atoms with Crippen molar-refractivity contribution in [3.8, 4) is 0 Å². The Morgan fingerprint density at radius 1 is 1.35 bits per heavy atom. The number of hydrogen-bond donors (Lipinski definition) is 3. The number of carbonyl (C=O) groups is 1. The van der Waals surface area contributed by atoms with E-state index in [0.717, 1.165) is 0 Å². The molecule has 0 aliphatic heterocycles. The zero-order valence-electron chi connectivity index (χ0n) is 11.7. The first kappa shape index (κ1) is 16.6. The van der Waals surface area contributed by atoms with E-state index in [9.17, 15) is 13.2 Å². The largest absolute Gasteiger partial charge is 0.351 e. The van der Waals surface area contributed by atoms with E-state index in [0.29, 0.717) is 18.7 Å². The molecule has 0 radical (unpaired) electrons. The highest BCUT2D eigenvalue weighted by atomic mass is 32.2. The molecule has 20 heavy (non-hydrogen) atoms. The lowest BCUT2D eigenvalue weighted by molar-refractivity contribution is 0.0951. The van der Waals surface area contributed by atoms with E-state index in [2.05, 4.69) is 5.32 Å². The van der Waals surface area contributed by atoms with Crippen molar-refractivity contribution in [2.45, 2.75) is 11.8 Å². The van der Waals surface area contributed by atoms with Crippen LogP contribution in [0.25, 0.3) is 0 Å². The molecule has 1 amide bonds. The van der Waals surface area contributed by atoms with Gasteiger partial charge in [0.25, 0.3) is 15.9 Å². The third-order valence-corrected chi connectivity index (χ3v) is 3.96. The van der Waals surface area contributed by atoms with Crippen LogP contribution in [0.5, 0.6) is 0 Å². The number of amides is 1. The minimum atomic E-state index is -4.00. The Kier molecular flexibility index (Phi) is 5.63. The van der Waals surface area contributed by atoms with Crippen LogP contribution in [0.4, 0.5) is 0 Å². The lowest BCUT2D eigenvalue weighted by atomic mass is 10.1. The van der Waals surface area contributed by atoms with Crippen molar-refractivity contribution in [3.63, 3.8) is 0 Å². The molecular formula is C12H19N3O4S. The Labute approximate surface area is 118 Å². The molecule has 0 fully saturated rings. The molecule has 0 aromatic heterocycles. The summed E-state index contributed by atoms with van der Waals surface area (Å²) >= 11 is 0. The molecule has 0 bridgehead atoms. The van der Waals surface area contributed by atoms with Crippen molar-refractivity contribution >= 4 is 15.9 Å². The number of carbonyl (C=O) groups excluding carboxylic acids is 1. The highest BCUT2D eigenvalue weighted by molar-refractivity contribution is 7.89.